The van der Waals surface area contributed by atoms with Crippen LogP contribution < -0.4 is 5.32 Å². The van der Waals surface area contributed by atoms with Crippen molar-refractivity contribution in [1.29, 1.82) is 0 Å². The third-order valence-electron chi connectivity index (χ3n) is 1.89. The van der Waals surface area contributed by atoms with E-state index in [0.717, 1.165) is 0 Å². The van der Waals surface area contributed by atoms with Gasteiger partial charge in [0.1, 0.15) is 6.61 Å². The topological polar surface area (TPSA) is 55.4 Å². The highest BCUT2D eigenvalue weighted by Gasteiger charge is 2.09. The molecule has 0 unspecified atom stereocenters. The largest absolute Gasteiger partial charge is 0.461 e. The van der Waals surface area contributed by atoms with Gasteiger partial charge in [-0.3, -0.25) is 9.59 Å². The summed E-state index contributed by atoms with van der Waals surface area (Å²) in [7, 11) is 0. The van der Waals surface area contributed by atoms with Gasteiger partial charge in [0, 0.05) is 29.6 Å². The maximum atomic E-state index is 11.0. The molecule has 0 fully saturated rings. The van der Waals surface area contributed by atoms with Gasteiger partial charge in [0.15, 0.2) is 0 Å². The van der Waals surface area contributed by atoms with Crippen molar-refractivity contribution in [3.05, 3.63) is 27.2 Å². The van der Waals surface area contributed by atoms with E-state index >= 15 is 0 Å². The van der Waals surface area contributed by atoms with E-state index in [-0.39, 0.29) is 18.5 Å². The molecule has 0 aliphatic heterocycles. The van der Waals surface area contributed by atoms with Crippen molar-refractivity contribution in [3.63, 3.8) is 0 Å². The van der Waals surface area contributed by atoms with Gasteiger partial charge in [-0.05, 0) is 28.1 Å². The highest BCUT2D eigenvalue weighted by Crippen LogP contribution is 2.30. The molecule has 0 saturated heterocycles. The first kappa shape index (κ1) is 17.9. The molecule has 0 aliphatic rings. The summed E-state index contributed by atoms with van der Waals surface area (Å²) in [6, 6.07) is 3.31. The number of rotatable bonds is 3. The first-order valence-electron chi connectivity index (χ1n) is 5.79. The Balaban J connectivity index is 0.00000154. The summed E-state index contributed by atoms with van der Waals surface area (Å²) < 4.78 is 5.57. The minimum Gasteiger partial charge on any atom is -0.461 e. The number of hydrogen-bond acceptors (Lipinski definition) is 3. The van der Waals surface area contributed by atoms with E-state index in [1.54, 1.807) is 12.1 Å². The fourth-order valence-electron chi connectivity index (χ4n) is 1.19. The first-order valence-corrected chi connectivity index (χ1v) is 6.96. The Morgan fingerprint density at radius 1 is 1.32 bits per heavy atom. The smallest absolute Gasteiger partial charge is 0.302 e. The lowest BCUT2D eigenvalue weighted by Gasteiger charge is -2.11. The molecule has 0 radical (unpaired) electrons. The molecule has 0 spiro atoms. The van der Waals surface area contributed by atoms with E-state index in [2.05, 4.69) is 21.2 Å². The van der Waals surface area contributed by atoms with Crippen molar-refractivity contribution in [2.75, 3.05) is 5.32 Å². The Kier molecular flexibility index (Phi) is 8.43. The van der Waals surface area contributed by atoms with Crippen LogP contribution in [0.1, 0.15) is 33.3 Å². The zero-order chi connectivity index (χ0) is 15.0. The number of ether oxygens (including phenoxy) is 1. The van der Waals surface area contributed by atoms with Gasteiger partial charge < -0.3 is 10.1 Å². The van der Waals surface area contributed by atoms with Gasteiger partial charge in [-0.1, -0.05) is 25.4 Å². The van der Waals surface area contributed by atoms with Crippen molar-refractivity contribution in [3.8, 4) is 0 Å². The van der Waals surface area contributed by atoms with E-state index in [9.17, 15) is 9.59 Å². The van der Waals surface area contributed by atoms with Crippen molar-refractivity contribution in [2.45, 2.75) is 34.3 Å². The highest BCUT2D eigenvalue weighted by molar-refractivity contribution is 9.10. The third-order valence-corrected chi connectivity index (χ3v) is 3.08. The Bertz CT molecular complexity index is 463. The Labute approximate surface area is 126 Å². The van der Waals surface area contributed by atoms with Crippen LogP contribution in [0, 0.1) is 0 Å². The summed E-state index contributed by atoms with van der Waals surface area (Å²) in [5, 5.41) is 3.10. The number of carbonyl (C=O) groups excluding carboxylic acids is 2. The van der Waals surface area contributed by atoms with Crippen LogP contribution in [-0.2, 0) is 20.9 Å². The second-order valence-electron chi connectivity index (χ2n) is 3.38. The summed E-state index contributed by atoms with van der Waals surface area (Å²) in [5.74, 6) is -0.600. The quantitative estimate of drug-likeness (QED) is 0.833. The number of esters is 1. The zero-order valence-corrected chi connectivity index (χ0v) is 13.7. The van der Waals surface area contributed by atoms with Crippen molar-refractivity contribution >= 4 is 45.1 Å². The summed E-state index contributed by atoms with van der Waals surface area (Å²) in [6.45, 7) is 6.80. The SMILES string of the molecule is CC.CC(=O)Nc1cc(Cl)c(Br)cc1COC(C)=O. The minimum absolute atomic E-state index is 0.0840. The number of carbonyl (C=O) groups is 2. The molecular weight excluding hydrogens is 334 g/mol. The molecule has 1 amide bonds. The summed E-state index contributed by atoms with van der Waals surface area (Å²) >= 11 is 9.19. The summed E-state index contributed by atoms with van der Waals surface area (Å²) in [6.07, 6.45) is 0. The number of benzene rings is 1. The van der Waals surface area contributed by atoms with E-state index in [1.165, 1.54) is 13.8 Å². The van der Waals surface area contributed by atoms with Crippen LogP contribution in [0.15, 0.2) is 16.6 Å². The third kappa shape index (κ3) is 6.59. The van der Waals surface area contributed by atoms with E-state index in [0.29, 0.717) is 20.7 Å². The molecule has 1 aromatic carbocycles. The van der Waals surface area contributed by atoms with Gasteiger partial charge >= 0.3 is 5.97 Å². The molecule has 1 aromatic rings. The predicted octanol–water partition coefficient (Wildman–Crippen LogP) is 4.15. The monoisotopic (exact) mass is 349 g/mol. The summed E-state index contributed by atoms with van der Waals surface area (Å²) in [4.78, 5) is 21.8. The Hall–Kier alpha value is -1.07. The van der Waals surface area contributed by atoms with Crippen LogP contribution in [0.4, 0.5) is 5.69 Å². The molecule has 6 heteroatoms. The van der Waals surface area contributed by atoms with Crippen LogP contribution in [0.25, 0.3) is 0 Å². The van der Waals surface area contributed by atoms with E-state index in [1.807, 2.05) is 13.8 Å². The first-order chi connectivity index (χ1) is 8.90. The van der Waals surface area contributed by atoms with Gasteiger partial charge in [0.25, 0.3) is 0 Å². The van der Waals surface area contributed by atoms with Gasteiger partial charge in [0.05, 0.1) is 5.02 Å². The van der Waals surface area contributed by atoms with Crippen LogP contribution in [0.2, 0.25) is 5.02 Å². The molecule has 0 atom stereocenters. The average Bonchev–Trinajstić information content (AvgIpc) is 2.33. The molecule has 4 nitrogen and oxygen atoms in total. The molecular formula is C13H17BrClNO3. The molecule has 0 aromatic heterocycles. The van der Waals surface area contributed by atoms with Gasteiger partial charge in [-0.2, -0.15) is 0 Å². The number of halogens is 2. The molecule has 106 valence electrons. The second kappa shape index (κ2) is 8.93. The number of amides is 1. The Morgan fingerprint density at radius 2 is 1.89 bits per heavy atom. The van der Waals surface area contributed by atoms with Gasteiger partial charge in [-0.15, -0.1) is 0 Å². The van der Waals surface area contributed by atoms with E-state index in [4.69, 9.17) is 16.3 Å². The molecule has 0 saturated carbocycles. The van der Waals surface area contributed by atoms with Crippen LogP contribution in [-0.4, -0.2) is 11.9 Å². The number of anilines is 1. The van der Waals surface area contributed by atoms with Gasteiger partial charge in [0.2, 0.25) is 5.91 Å². The maximum Gasteiger partial charge on any atom is 0.302 e. The van der Waals surface area contributed by atoms with Crippen molar-refractivity contribution < 1.29 is 14.3 Å². The van der Waals surface area contributed by atoms with Crippen LogP contribution in [0.3, 0.4) is 0 Å². The summed E-state index contributed by atoms with van der Waals surface area (Å²) in [5.41, 5.74) is 1.21. The number of nitrogens with one attached hydrogen (secondary N) is 1. The molecule has 0 bridgehead atoms. The maximum absolute atomic E-state index is 11.0. The predicted molar refractivity (Wildman–Crippen MR) is 80.3 cm³/mol. The van der Waals surface area contributed by atoms with Gasteiger partial charge in [-0.25, -0.2) is 0 Å². The molecule has 19 heavy (non-hydrogen) atoms. The van der Waals surface area contributed by atoms with E-state index < -0.39 is 0 Å². The zero-order valence-electron chi connectivity index (χ0n) is 11.3. The van der Waals surface area contributed by atoms with Crippen molar-refractivity contribution in [2.24, 2.45) is 0 Å². The lowest BCUT2D eigenvalue weighted by Crippen LogP contribution is -2.09. The molecule has 0 heterocycles. The minimum atomic E-state index is -0.384. The van der Waals surface area contributed by atoms with Crippen LogP contribution >= 0.6 is 27.5 Å². The normalized spacial score (nSPS) is 9.16. The Morgan fingerprint density at radius 3 is 2.37 bits per heavy atom. The molecule has 1 rings (SSSR count). The fraction of sp³-hybridized carbons (Fsp3) is 0.385. The number of hydrogen-bond donors (Lipinski definition) is 1. The highest BCUT2D eigenvalue weighted by atomic mass is 79.9. The average molecular weight is 351 g/mol. The second-order valence-corrected chi connectivity index (χ2v) is 4.65. The molecule has 0 aliphatic carbocycles. The van der Waals surface area contributed by atoms with Crippen LogP contribution in [0.5, 0.6) is 0 Å². The van der Waals surface area contributed by atoms with Crippen molar-refractivity contribution in [1.82, 2.24) is 0 Å². The molecule has 1 N–H and O–H groups in total. The fourth-order valence-corrected chi connectivity index (χ4v) is 1.75. The lowest BCUT2D eigenvalue weighted by atomic mass is 10.2. The standard InChI is InChI=1S/C11H11BrClNO3.C2H6/c1-6(15)14-11-4-10(13)9(12)3-8(11)5-17-7(2)16;1-2/h3-4H,5H2,1-2H3,(H,14,15);1-2H3. The lowest BCUT2D eigenvalue weighted by molar-refractivity contribution is -0.142.